The molecule has 0 fully saturated rings. The number of pyridine rings is 1. The third-order valence-electron chi connectivity index (χ3n) is 4.56. The van der Waals surface area contributed by atoms with Crippen LogP contribution in [0.25, 0.3) is 44.2 Å². The number of carbonyl (C=O) groups excluding carboxylic acids is 1. The van der Waals surface area contributed by atoms with E-state index in [2.05, 4.69) is 13.7 Å². The number of H-pyrrole nitrogens is 1. The Morgan fingerprint density at radius 1 is 1.18 bits per heavy atom. The van der Waals surface area contributed by atoms with Gasteiger partial charge in [-0.25, -0.2) is 4.79 Å². The Bertz CT molecular complexity index is 1430. The molecule has 0 amide bonds. The van der Waals surface area contributed by atoms with Crippen molar-refractivity contribution in [3.05, 3.63) is 58.4 Å². The largest absolute Gasteiger partial charge is 0.462 e. The molecule has 0 atom stereocenters. The molecule has 0 aliphatic carbocycles. The molecule has 0 aliphatic rings. The van der Waals surface area contributed by atoms with Gasteiger partial charge in [-0.15, -0.1) is 0 Å². The van der Waals surface area contributed by atoms with E-state index < -0.39 is 11.5 Å². The summed E-state index contributed by atoms with van der Waals surface area (Å²) in [4.78, 5) is 28.3. The lowest BCUT2D eigenvalue weighted by atomic mass is 9.99. The monoisotopic (exact) mass is 391 g/mol. The summed E-state index contributed by atoms with van der Waals surface area (Å²) in [5.74, 6) is -0.697. The number of carbonyl (C=O) groups is 1. The number of hydrogen-bond donors (Lipinski definition) is 1. The van der Waals surface area contributed by atoms with E-state index in [1.54, 1.807) is 25.1 Å². The Labute approximate surface area is 161 Å². The van der Waals surface area contributed by atoms with Crippen molar-refractivity contribution in [2.24, 2.45) is 0 Å². The van der Waals surface area contributed by atoms with Gasteiger partial charge in [0.25, 0.3) is 5.56 Å². The number of benzene rings is 2. The fourth-order valence-corrected chi connectivity index (χ4v) is 3.88. The number of hydrogen-bond acceptors (Lipinski definition) is 7. The molecule has 3 heterocycles. The quantitative estimate of drug-likeness (QED) is 0.465. The topological polar surface area (TPSA) is 98.1 Å². The highest BCUT2D eigenvalue weighted by Crippen LogP contribution is 2.36. The lowest BCUT2D eigenvalue weighted by molar-refractivity contribution is 0.0525. The second kappa shape index (κ2) is 6.28. The molecule has 5 aromatic rings. The minimum atomic E-state index is -0.697. The average Bonchev–Trinajstić information content (AvgIpc) is 3.30. The van der Waals surface area contributed by atoms with Gasteiger partial charge in [0, 0.05) is 10.9 Å². The van der Waals surface area contributed by atoms with Crippen LogP contribution in [-0.2, 0) is 4.74 Å². The minimum Gasteiger partial charge on any atom is -0.462 e. The first-order chi connectivity index (χ1) is 13.7. The molecule has 138 valence electrons. The predicted octanol–water partition coefficient (Wildman–Crippen LogP) is 4.12. The lowest BCUT2D eigenvalue weighted by Crippen LogP contribution is -2.21. The molecule has 7 nitrogen and oxygen atoms in total. The first-order valence-electron chi connectivity index (χ1n) is 8.64. The summed E-state index contributed by atoms with van der Waals surface area (Å²) >= 11 is 1.10. The molecule has 0 unspecified atom stereocenters. The zero-order valence-electron chi connectivity index (χ0n) is 14.7. The summed E-state index contributed by atoms with van der Waals surface area (Å²) in [6, 6.07) is 12.8. The van der Waals surface area contributed by atoms with E-state index in [9.17, 15) is 9.59 Å². The van der Waals surface area contributed by atoms with Gasteiger partial charge in [0.05, 0.1) is 23.9 Å². The zero-order chi connectivity index (χ0) is 19.3. The molecule has 0 aliphatic heterocycles. The lowest BCUT2D eigenvalue weighted by Gasteiger charge is -2.09. The highest BCUT2D eigenvalue weighted by atomic mass is 32.1. The standard InChI is InChI=1S/C20H13N3O4S/c1-2-26-20(25)16-15(10-7-8-12-13(9-10)23-28-22-12)18-17(21-19(16)24)11-5-3-4-6-14(11)27-18/h3-9H,2H2,1H3,(H,21,24). The molecule has 0 radical (unpaired) electrons. The maximum atomic E-state index is 12.9. The molecule has 3 aromatic heterocycles. The molecular weight excluding hydrogens is 378 g/mol. The number of ether oxygens (including phenoxy) is 1. The Hall–Kier alpha value is -3.52. The van der Waals surface area contributed by atoms with Crippen LogP contribution in [0.1, 0.15) is 17.3 Å². The summed E-state index contributed by atoms with van der Waals surface area (Å²) in [6.45, 7) is 1.85. The molecule has 1 N–H and O–H groups in total. The Morgan fingerprint density at radius 2 is 2.00 bits per heavy atom. The number of esters is 1. The van der Waals surface area contributed by atoms with E-state index in [1.165, 1.54) is 0 Å². The van der Waals surface area contributed by atoms with Gasteiger partial charge >= 0.3 is 5.97 Å². The average molecular weight is 391 g/mol. The molecule has 8 heteroatoms. The highest BCUT2D eigenvalue weighted by molar-refractivity contribution is 7.00. The molecule has 0 saturated heterocycles. The zero-order valence-corrected chi connectivity index (χ0v) is 15.5. The normalized spacial score (nSPS) is 11.5. The van der Waals surface area contributed by atoms with Crippen LogP contribution in [0.4, 0.5) is 0 Å². The molecule has 0 bridgehead atoms. The van der Waals surface area contributed by atoms with E-state index >= 15 is 0 Å². The van der Waals surface area contributed by atoms with Crippen LogP contribution in [0, 0.1) is 0 Å². The number of para-hydroxylation sites is 1. The van der Waals surface area contributed by atoms with Gasteiger partial charge in [0.15, 0.2) is 5.58 Å². The molecule has 0 saturated carbocycles. The number of nitrogens with one attached hydrogen (secondary N) is 1. The molecular formula is C20H13N3O4S. The number of nitrogens with zero attached hydrogens (tertiary/aromatic N) is 2. The number of rotatable bonds is 3. The van der Waals surface area contributed by atoms with E-state index in [-0.39, 0.29) is 12.2 Å². The summed E-state index contributed by atoms with van der Waals surface area (Å²) in [5.41, 5.74) is 3.43. The van der Waals surface area contributed by atoms with Crippen molar-refractivity contribution in [1.29, 1.82) is 0 Å². The van der Waals surface area contributed by atoms with Gasteiger partial charge in [-0.05, 0) is 36.8 Å². The van der Waals surface area contributed by atoms with Gasteiger partial charge < -0.3 is 14.1 Å². The molecule has 2 aromatic carbocycles. The van der Waals surface area contributed by atoms with E-state index in [0.29, 0.717) is 33.3 Å². The van der Waals surface area contributed by atoms with Crippen LogP contribution in [0.3, 0.4) is 0 Å². The van der Waals surface area contributed by atoms with Gasteiger partial charge in [-0.3, -0.25) is 4.79 Å². The maximum absolute atomic E-state index is 12.9. The van der Waals surface area contributed by atoms with Gasteiger partial charge in [-0.1, -0.05) is 18.2 Å². The van der Waals surface area contributed by atoms with Crippen molar-refractivity contribution < 1.29 is 13.9 Å². The second-order valence-corrected chi connectivity index (χ2v) is 6.72. The predicted molar refractivity (Wildman–Crippen MR) is 107 cm³/mol. The molecule has 5 rings (SSSR count). The van der Waals surface area contributed by atoms with Crippen LogP contribution in [0.5, 0.6) is 0 Å². The van der Waals surface area contributed by atoms with Crippen molar-refractivity contribution in [2.45, 2.75) is 6.92 Å². The Morgan fingerprint density at radius 3 is 2.86 bits per heavy atom. The highest BCUT2D eigenvalue weighted by Gasteiger charge is 2.25. The van der Waals surface area contributed by atoms with Crippen LogP contribution in [0.2, 0.25) is 0 Å². The SMILES string of the molecule is CCOC(=O)c1c(-c2ccc3nsnc3c2)c2oc3ccccc3c2[nH]c1=O. The van der Waals surface area contributed by atoms with Gasteiger partial charge in [0.2, 0.25) is 0 Å². The third-order valence-corrected chi connectivity index (χ3v) is 5.12. The number of aromatic nitrogens is 3. The number of fused-ring (bicyclic) bond motifs is 4. The number of aromatic amines is 1. The Kier molecular flexibility index (Phi) is 3.73. The molecule has 28 heavy (non-hydrogen) atoms. The maximum Gasteiger partial charge on any atom is 0.344 e. The van der Waals surface area contributed by atoms with Gasteiger partial charge in [-0.2, -0.15) is 8.75 Å². The minimum absolute atomic E-state index is 0.0871. The van der Waals surface area contributed by atoms with Gasteiger partial charge in [0.1, 0.15) is 22.2 Å². The van der Waals surface area contributed by atoms with E-state index in [1.807, 2.05) is 24.3 Å². The fourth-order valence-electron chi connectivity index (χ4n) is 3.36. The number of furan rings is 1. The van der Waals surface area contributed by atoms with Crippen molar-refractivity contribution in [2.75, 3.05) is 6.61 Å². The third kappa shape index (κ3) is 2.42. The first kappa shape index (κ1) is 16.6. The summed E-state index contributed by atoms with van der Waals surface area (Å²) in [7, 11) is 0. The van der Waals surface area contributed by atoms with Crippen LogP contribution in [0.15, 0.2) is 51.7 Å². The van der Waals surface area contributed by atoms with Crippen molar-refractivity contribution in [3.63, 3.8) is 0 Å². The summed E-state index contributed by atoms with van der Waals surface area (Å²) in [6.07, 6.45) is 0. The van der Waals surface area contributed by atoms with Crippen molar-refractivity contribution in [1.82, 2.24) is 13.7 Å². The summed E-state index contributed by atoms with van der Waals surface area (Å²) in [5, 5.41) is 0.766. The fraction of sp³-hybridized carbons (Fsp3) is 0.100. The van der Waals surface area contributed by atoms with Crippen molar-refractivity contribution in [3.8, 4) is 11.1 Å². The Balaban J connectivity index is 1.93. The van der Waals surface area contributed by atoms with Crippen LogP contribution in [-0.4, -0.2) is 26.3 Å². The first-order valence-corrected chi connectivity index (χ1v) is 9.37. The van der Waals surface area contributed by atoms with Crippen LogP contribution < -0.4 is 5.56 Å². The van der Waals surface area contributed by atoms with Crippen molar-refractivity contribution >= 4 is 50.8 Å². The second-order valence-electron chi connectivity index (χ2n) is 6.19. The van der Waals surface area contributed by atoms with E-state index in [4.69, 9.17) is 9.15 Å². The summed E-state index contributed by atoms with van der Waals surface area (Å²) < 4.78 is 19.6. The molecule has 0 spiro atoms. The van der Waals surface area contributed by atoms with Crippen LogP contribution >= 0.6 is 11.7 Å². The van der Waals surface area contributed by atoms with E-state index in [0.717, 1.165) is 22.6 Å². The smallest absolute Gasteiger partial charge is 0.344 e.